The number of hydrogen-bond donors (Lipinski definition) is 2. The van der Waals surface area contributed by atoms with Gasteiger partial charge in [-0.2, -0.15) is 0 Å². The zero-order valence-corrected chi connectivity index (χ0v) is 15.2. The van der Waals surface area contributed by atoms with E-state index < -0.39 is 5.60 Å². The van der Waals surface area contributed by atoms with Gasteiger partial charge in [0, 0.05) is 11.1 Å². The van der Waals surface area contributed by atoms with Crippen molar-refractivity contribution in [3.8, 4) is 0 Å². The lowest BCUT2D eigenvalue weighted by molar-refractivity contribution is -0.0366. The minimum absolute atomic E-state index is 0.00996. The van der Waals surface area contributed by atoms with E-state index in [0.29, 0.717) is 0 Å². The molecule has 3 rings (SSSR count). The molecular formula is C22H29NO. The van der Waals surface area contributed by atoms with E-state index in [-0.39, 0.29) is 17.0 Å². The van der Waals surface area contributed by atoms with Gasteiger partial charge >= 0.3 is 0 Å². The Morgan fingerprint density at radius 3 is 1.54 bits per heavy atom. The Labute approximate surface area is 145 Å². The molecule has 0 aromatic heterocycles. The van der Waals surface area contributed by atoms with Crippen LogP contribution in [-0.2, 0) is 5.60 Å². The van der Waals surface area contributed by atoms with Crippen LogP contribution in [0.4, 0.5) is 0 Å². The van der Waals surface area contributed by atoms with Crippen LogP contribution < -0.4 is 5.32 Å². The van der Waals surface area contributed by atoms with Gasteiger partial charge in [-0.3, -0.25) is 0 Å². The molecule has 2 N–H and O–H groups in total. The molecule has 2 aromatic rings. The van der Waals surface area contributed by atoms with Crippen molar-refractivity contribution in [1.29, 1.82) is 0 Å². The molecule has 128 valence electrons. The molecule has 1 aliphatic rings. The van der Waals surface area contributed by atoms with E-state index in [9.17, 15) is 5.11 Å². The lowest BCUT2D eigenvalue weighted by atomic mass is 9.65. The van der Waals surface area contributed by atoms with Gasteiger partial charge < -0.3 is 10.4 Å². The Morgan fingerprint density at radius 2 is 1.17 bits per heavy atom. The van der Waals surface area contributed by atoms with Gasteiger partial charge in [0.2, 0.25) is 0 Å². The second kappa shape index (κ2) is 6.02. The molecule has 0 unspecified atom stereocenters. The molecule has 2 nitrogen and oxygen atoms in total. The normalized spacial score (nSPS) is 20.7. The summed E-state index contributed by atoms with van der Waals surface area (Å²) in [7, 11) is 0. The summed E-state index contributed by atoms with van der Waals surface area (Å²) >= 11 is 0. The van der Waals surface area contributed by atoms with Crippen LogP contribution in [0.3, 0.4) is 0 Å². The number of benzene rings is 2. The van der Waals surface area contributed by atoms with Crippen LogP contribution in [0.15, 0.2) is 60.7 Å². The first-order chi connectivity index (χ1) is 11.2. The molecule has 0 spiro atoms. The second-order valence-electron chi connectivity index (χ2n) is 8.50. The lowest BCUT2D eigenvalue weighted by Gasteiger charge is -2.51. The van der Waals surface area contributed by atoms with Crippen LogP contribution in [0.1, 0.15) is 51.7 Å². The molecular weight excluding hydrogens is 294 g/mol. The summed E-state index contributed by atoms with van der Waals surface area (Å²) in [4.78, 5) is 0. The Morgan fingerprint density at radius 1 is 0.792 bits per heavy atom. The molecule has 1 fully saturated rings. The minimum atomic E-state index is -0.973. The molecule has 0 aliphatic carbocycles. The van der Waals surface area contributed by atoms with Crippen molar-refractivity contribution in [2.75, 3.05) is 0 Å². The van der Waals surface area contributed by atoms with E-state index in [1.807, 2.05) is 36.4 Å². The van der Waals surface area contributed by atoms with E-state index in [1.165, 1.54) is 0 Å². The van der Waals surface area contributed by atoms with E-state index >= 15 is 0 Å². The third-order valence-corrected chi connectivity index (χ3v) is 5.21. The van der Waals surface area contributed by atoms with E-state index in [0.717, 1.165) is 24.0 Å². The molecule has 0 amide bonds. The zero-order valence-electron chi connectivity index (χ0n) is 15.2. The first kappa shape index (κ1) is 17.2. The molecule has 1 saturated heterocycles. The number of nitrogens with one attached hydrogen (secondary N) is 1. The minimum Gasteiger partial charge on any atom is -0.380 e. The van der Waals surface area contributed by atoms with Crippen LogP contribution in [0, 0.1) is 5.92 Å². The summed E-state index contributed by atoms with van der Waals surface area (Å²) in [5.41, 5.74) is 0.969. The molecule has 0 bridgehead atoms. The van der Waals surface area contributed by atoms with Gasteiger partial charge in [0.05, 0.1) is 0 Å². The van der Waals surface area contributed by atoms with Crippen LogP contribution in [-0.4, -0.2) is 16.2 Å². The fourth-order valence-electron chi connectivity index (χ4n) is 4.64. The van der Waals surface area contributed by atoms with Gasteiger partial charge in [-0.05, 0) is 57.6 Å². The number of hydrogen-bond acceptors (Lipinski definition) is 2. The summed E-state index contributed by atoms with van der Waals surface area (Å²) < 4.78 is 0. The Balaban J connectivity index is 2.12. The summed E-state index contributed by atoms with van der Waals surface area (Å²) in [6.07, 6.45) is 1.85. The zero-order chi connectivity index (χ0) is 17.4. The molecule has 0 atom stereocenters. The highest BCUT2D eigenvalue weighted by atomic mass is 16.3. The van der Waals surface area contributed by atoms with Gasteiger partial charge in [-0.25, -0.2) is 0 Å². The maximum absolute atomic E-state index is 12.0. The van der Waals surface area contributed by atoms with E-state index in [1.54, 1.807) is 0 Å². The van der Waals surface area contributed by atoms with Gasteiger partial charge in [-0.1, -0.05) is 60.7 Å². The van der Waals surface area contributed by atoms with Gasteiger partial charge in [0.25, 0.3) is 0 Å². The highest BCUT2D eigenvalue weighted by Gasteiger charge is 2.48. The summed E-state index contributed by atoms with van der Waals surface area (Å²) in [5, 5.41) is 15.7. The van der Waals surface area contributed by atoms with Crippen molar-refractivity contribution in [2.24, 2.45) is 5.92 Å². The Kier molecular flexibility index (Phi) is 4.31. The Hall–Kier alpha value is -1.64. The van der Waals surface area contributed by atoms with Crippen molar-refractivity contribution in [3.63, 3.8) is 0 Å². The third kappa shape index (κ3) is 3.26. The van der Waals surface area contributed by atoms with Crippen LogP contribution >= 0.6 is 0 Å². The molecule has 2 aromatic carbocycles. The maximum atomic E-state index is 12.0. The van der Waals surface area contributed by atoms with E-state index in [4.69, 9.17) is 0 Å². The number of piperidine rings is 1. The third-order valence-electron chi connectivity index (χ3n) is 5.21. The monoisotopic (exact) mass is 323 g/mol. The van der Waals surface area contributed by atoms with Crippen LogP contribution in [0.2, 0.25) is 0 Å². The first-order valence-electron chi connectivity index (χ1n) is 8.86. The second-order valence-corrected chi connectivity index (χ2v) is 8.50. The molecule has 24 heavy (non-hydrogen) atoms. The molecule has 1 heterocycles. The fraction of sp³-hybridized carbons (Fsp3) is 0.455. The quantitative estimate of drug-likeness (QED) is 0.873. The van der Waals surface area contributed by atoms with Crippen molar-refractivity contribution >= 4 is 0 Å². The van der Waals surface area contributed by atoms with Gasteiger partial charge in [0.1, 0.15) is 5.60 Å². The van der Waals surface area contributed by atoms with E-state index in [2.05, 4.69) is 57.3 Å². The van der Waals surface area contributed by atoms with Crippen molar-refractivity contribution in [3.05, 3.63) is 71.8 Å². The molecule has 0 saturated carbocycles. The predicted molar refractivity (Wildman–Crippen MR) is 99.9 cm³/mol. The summed E-state index contributed by atoms with van der Waals surface area (Å²) in [6.45, 7) is 8.93. The van der Waals surface area contributed by atoms with Gasteiger partial charge in [0.15, 0.2) is 0 Å². The standard InChI is InChI=1S/C22H29NO/c1-20(2)15-19(16-21(3,4)23-20)22(24,17-11-7-5-8-12-17)18-13-9-6-10-14-18/h5-14,19,23-24H,15-16H2,1-4H3. The van der Waals surface area contributed by atoms with Gasteiger partial charge in [-0.15, -0.1) is 0 Å². The SMILES string of the molecule is CC1(C)CC(C(O)(c2ccccc2)c2ccccc2)CC(C)(C)N1. The Bertz CT molecular complexity index is 620. The maximum Gasteiger partial charge on any atom is 0.118 e. The smallest absolute Gasteiger partial charge is 0.118 e. The van der Waals surface area contributed by atoms with Crippen molar-refractivity contribution in [1.82, 2.24) is 5.32 Å². The molecule has 1 aliphatic heterocycles. The fourth-order valence-corrected chi connectivity index (χ4v) is 4.64. The molecule has 0 radical (unpaired) electrons. The van der Waals surface area contributed by atoms with Crippen molar-refractivity contribution in [2.45, 2.75) is 57.2 Å². The first-order valence-corrected chi connectivity index (χ1v) is 8.86. The van der Waals surface area contributed by atoms with Crippen molar-refractivity contribution < 1.29 is 5.11 Å². The summed E-state index contributed by atoms with van der Waals surface area (Å²) in [6, 6.07) is 20.3. The number of rotatable bonds is 3. The molecule has 2 heteroatoms. The van der Waals surface area contributed by atoms with Crippen LogP contribution in [0.25, 0.3) is 0 Å². The predicted octanol–water partition coefficient (Wildman–Crippen LogP) is 4.48. The highest BCUT2D eigenvalue weighted by molar-refractivity contribution is 5.37. The topological polar surface area (TPSA) is 32.3 Å². The van der Waals surface area contributed by atoms with Crippen LogP contribution in [0.5, 0.6) is 0 Å². The summed E-state index contributed by atoms with van der Waals surface area (Å²) in [5.74, 6) is 0.147. The largest absolute Gasteiger partial charge is 0.380 e. The average molecular weight is 323 g/mol. The highest BCUT2D eigenvalue weighted by Crippen LogP contribution is 2.46. The number of aliphatic hydroxyl groups is 1. The lowest BCUT2D eigenvalue weighted by Crippen LogP contribution is -2.61. The average Bonchev–Trinajstić information content (AvgIpc) is 2.53.